The molecule has 27 heavy (non-hydrogen) atoms. The van der Waals surface area contributed by atoms with Crippen molar-refractivity contribution in [1.29, 1.82) is 0 Å². The van der Waals surface area contributed by atoms with E-state index in [2.05, 4.69) is 27.6 Å². The molecular formula is C20H21N3O2S2. The van der Waals surface area contributed by atoms with E-state index >= 15 is 0 Å². The predicted octanol–water partition coefficient (Wildman–Crippen LogP) is 4.19. The van der Waals surface area contributed by atoms with Crippen molar-refractivity contribution >= 4 is 29.4 Å². The number of carbonyl (C=O) groups excluding carboxylic acids is 1. The number of thioether (sulfide) groups is 2. The van der Waals surface area contributed by atoms with E-state index in [-0.39, 0.29) is 11.7 Å². The molecular weight excluding hydrogens is 378 g/mol. The van der Waals surface area contributed by atoms with Gasteiger partial charge in [0, 0.05) is 23.6 Å². The molecule has 2 aromatic carbocycles. The van der Waals surface area contributed by atoms with Crippen LogP contribution in [0.5, 0.6) is 0 Å². The Bertz CT molecular complexity index is 868. The fourth-order valence-electron chi connectivity index (χ4n) is 2.37. The van der Waals surface area contributed by atoms with Crippen LogP contribution in [0.3, 0.4) is 0 Å². The minimum Gasteiger partial charge on any atom is -0.411 e. The highest BCUT2D eigenvalue weighted by Gasteiger charge is 2.11. The van der Waals surface area contributed by atoms with Crippen LogP contribution in [0.25, 0.3) is 11.5 Å². The van der Waals surface area contributed by atoms with E-state index in [1.807, 2.05) is 49.4 Å². The molecule has 140 valence electrons. The predicted molar refractivity (Wildman–Crippen MR) is 111 cm³/mol. The summed E-state index contributed by atoms with van der Waals surface area (Å²) in [4.78, 5) is 11.9. The monoisotopic (exact) mass is 399 g/mol. The fraction of sp³-hybridized carbons (Fsp3) is 0.250. The number of nitrogens with zero attached hydrogens (tertiary/aromatic N) is 2. The minimum absolute atomic E-state index is 0.0318. The average Bonchev–Trinajstić information content (AvgIpc) is 3.16. The molecule has 5 nitrogen and oxygen atoms in total. The molecule has 0 unspecified atom stereocenters. The zero-order valence-electron chi connectivity index (χ0n) is 15.1. The first-order valence-electron chi connectivity index (χ1n) is 8.62. The second kappa shape index (κ2) is 10.2. The summed E-state index contributed by atoms with van der Waals surface area (Å²) in [7, 11) is 0. The first-order valence-corrected chi connectivity index (χ1v) is 10.8. The van der Waals surface area contributed by atoms with Gasteiger partial charge in [0.2, 0.25) is 11.8 Å². The van der Waals surface area contributed by atoms with Crippen molar-refractivity contribution in [1.82, 2.24) is 15.5 Å². The van der Waals surface area contributed by atoms with Crippen LogP contribution in [-0.2, 0) is 10.5 Å². The lowest BCUT2D eigenvalue weighted by molar-refractivity contribution is -0.118. The lowest BCUT2D eigenvalue weighted by Gasteiger charge is -2.04. The zero-order chi connectivity index (χ0) is 18.9. The molecule has 0 radical (unpaired) electrons. The topological polar surface area (TPSA) is 68.0 Å². The molecule has 3 aromatic rings. The van der Waals surface area contributed by atoms with Crippen molar-refractivity contribution in [2.45, 2.75) is 17.9 Å². The van der Waals surface area contributed by atoms with Crippen molar-refractivity contribution in [3.8, 4) is 11.5 Å². The molecule has 0 aliphatic heterocycles. The van der Waals surface area contributed by atoms with Crippen LogP contribution in [0.15, 0.2) is 64.2 Å². The average molecular weight is 400 g/mol. The summed E-state index contributed by atoms with van der Waals surface area (Å²) in [6.45, 7) is 2.66. The number of carbonyl (C=O) groups is 1. The Labute approximate surface area is 167 Å². The van der Waals surface area contributed by atoms with Crippen LogP contribution in [0, 0.1) is 6.92 Å². The van der Waals surface area contributed by atoms with Crippen LogP contribution in [0.2, 0.25) is 0 Å². The van der Waals surface area contributed by atoms with Gasteiger partial charge in [0.15, 0.2) is 0 Å². The standard InChI is InChI=1S/C20H21N3O2S2/c1-15-6-5-9-17(12-15)19-22-23-20(25-19)27-14-18(24)21-10-11-26-13-16-7-3-2-4-8-16/h2-9,12H,10-11,13-14H2,1H3,(H,21,24). The van der Waals surface area contributed by atoms with Crippen molar-refractivity contribution < 1.29 is 9.21 Å². The SMILES string of the molecule is Cc1cccc(-c2nnc(SCC(=O)NCCSCc3ccccc3)o2)c1. The van der Waals surface area contributed by atoms with Gasteiger partial charge in [-0.15, -0.1) is 10.2 Å². The Hall–Kier alpha value is -2.25. The van der Waals surface area contributed by atoms with Crippen LogP contribution in [-0.4, -0.2) is 34.2 Å². The smallest absolute Gasteiger partial charge is 0.277 e. The summed E-state index contributed by atoms with van der Waals surface area (Å²) >= 11 is 3.05. The maximum atomic E-state index is 11.9. The number of benzene rings is 2. The van der Waals surface area contributed by atoms with E-state index < -0.39 is 0 Å². The van der Waals surface area contributed by atoms with E-state index in [9.17, 15) is 4.79 Å². The normalized spacial score (nSPS) is 10.7. The minimum atomic E-state index is -0.0318. The third-order valence-corrected chi connectivity index (χ3v) is 5.53. The molecule has 0 aliphatic carbocycles. The quantitative estimate of drug-likeness (QED) is 0.430. The number of hydrogen-bond acceptors (Lipinski definition) is 6. The molecule has 0 atom stereocenters. The number of amides is 1. The van der Waals surface area contributed by atoms with Crippen molar-refractivity contribution in [2.24, 2.45) is 0 Å². The third-order valence-electron chi connectivity index (χ3n) is 3.68. The number of aryl methyl sites for hydroxylation is 1. The van der Waals surface area contributed by atoms with Crippen LogP contribution < -0.4 is 5.32 Å². The highest BCUT2D eigenvalue weighted by atomic mass is 32.2. The molecule has 1 amide bonds. The van der Waals surface area contributed by atoms with Crippen molar-refractivity contribution in [2.75, 3.05) is 18.1 Å². The number of rotatable bonds is 9. The van der Waals surface area contributed by atoms with Crippen LogP contribution >= 0.6 is 23.5 Å². The van der Waals surface area contributed by atoms with Crippen LogP contribution in [0.4, 0.5) is 0 Å². The van der Waals surface area contributed by atoms with Gasteiger partial charge in [-0.3, -0.25) is 4.79 Å². The molecule has 7 heteroatoms. The number of hydrogen-bond donors (Lipinski definition) is 1. The van der Waals surface area contributed by atoms with Crippen molar-refractivity contribution in [3.63, 3.8) is 0 Å². The molecule has 1 N–H and O–H groups in total. The fourth-order valence-corrected chi connectivity index (χ4v) is 3.78. The molecule has 0 spiro atoms. The first kappa shape index (κ1) is 19.5. The van der Waals surface area contributed by atoms with Gasteiger partial charge in [0.05, 0.1) is 5.75 Å². The van der Waals surface area contributed by atoms with E-state index in [4.69, 9.17) is 4.42 Å². The molecule has 0 aliphatic rings. The maximum absolute atomic E-state index is 11.9. The summed E-state index contributed by atoms with van der Waals surface area (Å²) in [6.07, 6.45) is 0. The number of nitrogens with one attached hydrogen (secondary N) is 1. The molecule has 0 bridgehead atoms. The van der Waals surface area contributed by atoms with Gasteiger partial charge in [-0.1, -0.05) is 59.8 Å². The van der Waals surface area contributed by atoms with Gasteiger partial charge in [0.25, 0.3) is 5.22 Å². The zero-order valence-corrected chi connectivity index (χ0v) is 16.7. The Morgan fingerprint density at radius 1 is 1.11 bits per heavy atom. The summed E-state index contributed by atoms with van der Waals surface area (Å²) in [5, 5.41) is 11.4. The highest BCUT2D eigenvalue weighted by Crippen LogP contribution is 2.23. The van der Waals surface area contributed by atoms with Crippen LogP contribution in [0.1, 0.15) is 11.1 Å². The Morgan fingerprint density at radius 2 is 1.96 bits per heavy atom. The summed E-state index contributed by atoms with van der Waals surface area (Å²) < 4.78 is 5.62. The molecule has 1 aromatic heterocycles. The molecule has 1 heterocycles. The largest absolute Gasteiger partial charge is 0.411 e. The maximum Gasteiger partial charge on any atom is 0.277 e. The molecule has 0 saturated carbocycles. The molecule has 0 saturated heterocycles. The molecule has 3 rings (SSSR count). The van der Waals surface area contributed by atoms with Crippen molar-refractivity contribution in [3.05, 3.63) is 65.7 Å². The van der Waals surface area contributed by atoms with Gasteiger partial charge in [-0.05, 0) is 24.6 Å². The van der Waals surface area contributed by atoms with E-state index in [1.165, 1.54) is 17.3 Å². The van der Waals surface area contributed by atoms with Gasteiger partial charge < -0.3 is 9.73 Å². The Morgan fingerprint density at radius 3 is 2.78 bits per heavy atom. The summed E-state index contributed by atoms with van der Waals surface area (Å²) in [5.41, 5.74) is 3.31. The Balaban J connectivity index is 1.34. The molecule has 0 fully saturated rings. The van der Waals surface area contributed by atoms with E-state index in [1.54, 1.807) is 11.8 Å². The second-order valence-corrected chi connectivity index (χ2v) is 7.95. The van der Waals surface area contributed by atoms with Gasteiger partial charge >= 0.3 is 0 Å². The summed E-state index contributed by atoms with van der Waals surface area (Å²) in [5.74, 6) is 2.53. The van der Waals surface area contributed by atoms with E-state index in [0.29, 0.717) is 17.7 Å². The third kappa shape index (κ3) is 6.45. The van der Waals surface area contributed by atoms with Gasteiger partial charge in [-0.2, -0.15) is 11.8 Å². The Kier molecular flexibility index (Phi) is 7.36. The number of aromatic nitrogens is 2. The van der Waals surface area contributed by atoms with Gasteiger partial charge in [0.1, 0.15) is 0 Å². The lowest BCUT2D eigenvalue weighted by Crippen LogP contribution is -2.27. The summed E-state index contributed by atoms with van der Waals surface area (Å²) in [6, 6.07) is 18.2. The first-order chi connectivity index (χ1) is 13.2. The highest BCUT2D eigenvalue weighted by molar-refractivity contribution is 7.99. The van der Waals surface area contributed by atoms with E-state index in [0.717, 1.165) is 22.6 Å². The second-order valence-electron chi connectivity index (χ2n) is 5.92. The lowest BCUT2D eigenvalue weighted by atomic mass is 10.1. The van der Waals surface area contributed by atoms with Gasteiger partial charge in [-0.25, -0.2) is 0 Å².